The minimum Gasteiger partial charge on any atom is -0.495 e. The third kappa shape index (κ3) is 8.34. The predicted octanol–water partition coefficient (Wildman–Crippen LogP) is 17.5. The average Bonchev–Trinajstić information content (AvgIpc) is 1.55. The summed E-state index contributed by atoms with van der Waals surface area (Å²) in [5.74, 6) is 0.208. The number of fused-ring (bicyclic) bond motifs is 10. The summed E-state index contributed by atoms with van der Waals surface area (Å²) in [5, 5.41) is 89.8. The number of aromatic nitrogens is 3. The van der Waals surface area contributed by atoms with Crippen molar-refractivity contribution in [3.63, 3.8) is 0 Å². The van der Waals surface area contributed by atoms with Gasteiger partial charge in [-0.15, -0.1) is 68.0 Å². The highest BCUT2D eigenvalue weighted by Gasteiger charge is 2.44. The van der Waals surface area contributed by atoms with Crippen molar-refractivity contribution in [2.45, 2.75) is 52.0 Å². The molecule has 0 fully saturated rings. The number of hydrogen-bond donors (Lipinski definition) is 0. The van der Waals surface area contributed by atoms with Crippen molar-refractivity contribution in [2.24, 2.45) is 8.73 Å². The second-order valence-corrected chi connectivity index (χ2v) is 30.0. The zero-order valence-corrected chi connectivity index (χ0v) is 55.7. The number of nitriles is 8. The van der Waals surface area contributed by atoms with Crippen LogP contribution < -0.4 is 9.47 Å². The maximum absolute atomic E-state index is 14.1. The van der Waals surface area contributed by atoms with Gasteiger partial charge in [0, 0.05) is 93.0 Å². The number of ether oxygens (including phenoxy) is 2. The number of benzene rings is 3. The van der Waals surface area contributed by atoms with Crippen molar-refractivity contribution in [1.29, 1.82) is 42.1 Å². The van der Waals surface area contributed by atoms with Gasteiger partial charge in [0.15, 0.2) is 11.6 Å². The van der Waals surface area contributed by atoms with Gasteiger partial charge in [0.2, 0.25) is 0 Å². The molecule has 7 aromatic heterocycles. The van der Waals surface area contributed by atoms with Crippen molar-refractivity contribution >= 4 is 137 Å². The predicted molar refractivity (Wildman–Crippen MR) is 365 cm³/mol. The molecule has 0 N–H and O–H groups in total. The van der Waals surface area contributed by atoms with Gasteiger partial charge in [-0.25, -0.2) is 0 Å². The highest BCUT2D eigenvalue weighted by atomic mass is 32.1. The quantitative estimate of drug-likeness (QED) is 0.0959. The zero-order chi connectivity index (χ0) is 65.7. The van der Waals surface area contributed by atoms with Crippen LogP contribution in [0, 0.1) is 90.6 Å². The molecule has 10 aromatic rings. The second-order valence-electron chi connectivity index (χ2n) is 23.1. The van der Waals surface area contributed by atoms with Gasteiger partial charge in [-0.3, -0.25) is 9.59 Å². The van der Waals surface area contributed by atoms with Crippen molar-refractivity contribution in [3.8, 4) is 120 Å². The Balaban J connectivity index is 0.781. The minimum absolute atomic E-state index is 0.0184. The number of allylic oxidation sites excluding steroid dienone is 6. The molecule has 8 heterocycles. The lowest BCUT2D eigenvalue weighted by Crippen LogP contribution is -2.13. The first kappa shape index (κ1) is 59.2. The van der Waals surface area contributed by atoms with Crippen LogP contribution in [-0.4, -0.2) is 40.8 Å². The van der Waals surface area contributed by atoms with Crippen LogP contribution in [0.15, 0.2) is 91.7 Å². The lowest BCUT2D eigenvalue weighted by molar-refractivity contribution is 0.103. The summed E-state index contributed by atoms with van der Waals surface area (Å²) in [7, 11) is 3.17. The first-order valence-corrected chi connectivity index (χ1v) is 34.1. The van der Waals surface area contributed by atoms with Gasteiger partial charge in [-0.2, -0.15) is 65.8 Å². The van der Waals surface area contributed by atoms with E-state index in [4.69, 9.17) is 28.4 Å². The molecule has 5 aliphatic rings. The average molecular weight is 1350 g/mol. The molecule has 4 aliphatic carbocycles. The molecule has 0 atom stereocenters. The first-order chi connectivity index (χ1) is 45.4. The van der Waals surface area contributed by atoms with E-state index in [2.05, 4.69) is 52.0 Å². The summed E-state index contributed by atoms with van der Waals surface area (Å²) in [5.41, 5.74) is 9.08. The number of nitrogens with zero attached hydrogens (tertiary/aromatic N) is 13. The Morgan fingerprint density at radius 3 is 1.15 bits per heavy atom. The normalized spacial score (nSPS) is 15.2. The molecule has 15 rings (SSSR count). The Hall–Kier alpha value is -11.1. The van der Waals surface area contributed by atoms with Crippen LogP contribution in [0.2, 0.25) is 0 Å². The van der Waals surface area contributed by atoms with Crippen molar-refractivity contribution in [2.75, 3.05) is 14.2 Å². The van der Waals surface area contributed by atoms with E-state index in [9.17, 15) is 51.7 Å². The Bertz CT molecular complexity index is 5520. The maximum atomic E-state index is 14.1. The van der Waals surface area contributed by atoms with E-state index in [1.54, 1.807) is 76.5 Å². The number of ketones is 2. The van der Waals surface area contributed by atoms with Crippen molar-refractivity contribution in [3.05, 3.63) is 159 Å². The van der Waals surface area contributed by atoms with Gasteiger partial charge < -0.3 is 9.47 Å². The molecule has 0 spiro atoms. The Labute approximate surface area is 562 Å². The van der Waals surface area contributed by atoms with Gasteiger partial charge in [0.25, 0.3) is 0 Å². The van der Waals surface area contributed by atoms with E-state index in [0.29, 0.717) is 38.8 Å². The van der Waals surface area contributed by atoms with Crippen LogP contribution >= 0.6 is 68.0 Å². The molecular weight excluding hydrogens is 1310 g/mol. The number of rotatable bonds is 9. The Kier molecular flexibility index (Phi) is 13.5. The summed E-state index contributed by atoms with van der Waals surface area (Å²) in [6.45, 7) is 11.4. The Morgan fingerprint density at radius 2 is 0.819 bits per heavy atom. The van der Waals surface area contributed by atoms with Gasteiger partial charge >= 0.3 is 0 Å². The molecule has 94 heavy (non-hydrogen) atoms. The van der Waals surface area contributed by atoms with Crippen LogP contribution in [0.4, 0.5) is 11.4 Å². The van der Waals surface area contributed by atoms with Gasteiger partial charge in [-0.1, -0.05) is 27.7 Å². The van der Waals surface area contributed by atoms with Gasteiger partial charge in [0.1, 0.15) is 93.6 Å². The van der Waals surface area contributed by atoms with Crippen molar-refractivity contribution < 1.29 is 19.1 Å². The molecule has 0 saturated heterocycles. The molecule has 0 amide bonds. The first-order valence-electron chi connectivity index (χ1n) is 28.5. The molecule has 0 unspecified atom stereocenters. The number of hydrogen-bond acceptors (Lipinski definition) is 22. The third-order valence-electron chi connectivity index (χ3n) is 17.6. The molecule has 3 aromatic carbocycles. The van der Waals surface area contributed by atoms with Crippen LogP contribution in [0.1, 0.15) is 121 Å². The Morgan fingerprint density at radius 1 is 0.479 bits per heavy atom. The lowest BCUT2D eigenvalue weighted by Gasteiger charge is -2.19. The summed E-state index contributed by atoms with van der Waals surface area (Å²) < 4.78 is 22.1. The lowest BCUT2D eigenvalue weighted by atomic mass is 9.83. The molecule has 0 radical (unpaired) electrons. The SMILES string of the molecule is CCn1nc2c(-c3cc4c(s3)-c3sc(-c5sc(/C=C6\C(=O)c7cc(C#N)c(C#N)cc7C6=C(C#N)C#N)cc5OC)cc3C4(C)C)c3c(c(-c4cc5c(s4)-c4sc(-c6sc(/C=C7\C(=O)c8cc(C#N)c(C#N)cc8C7=C(C#N)C#N)cc6OC)cc4C5(C)C)c2n1)N=S=N3. The van der Waals surface area contributed by atoms with Crippen LogP contribution in [-0.2, 0) is 28.7 Å². The fourth-order valence-electron chi connectivity index (χ4n) is 13.0. The van der Waals surface area contributed by atoms with E-state index in [1.807, 2.05) is 67.6 Å². The number of carbonyl (C=O) groups is 2. The summed E-state index contributed by atoms with van der Waals surface area (Å²) in [6, 6.07) is 33.7. The monoisotopic (exact) mass is 1350 g/mol. The standard InChI is InChI=1S/C70H35N13O4S7/c1-8-83-79-57-55(49-17-43-63(90-49)65-45(69(43,2)3)19-51(92-65)67-47(86-6)15-35(88-67)13-41-53(33(25-75)26-76)37-9-29(21-71)31(23-73)11-39(37)61(41)84)59-60(82-94-81-59)56(58(57)80-83)50-18-44-64(91-50)66-46(70(44,4)5)20-52(93-66)68-48(87-7)16-36(89-68)14-42-54(34(27-77)28-78)38-10-30(22-72)32(24-74)12-40(38)62(42)85/h9-20H,8H2,1-7H3/b41-13-,42-14-. The maximum Gasteiger partial charge on any atom is 0.194 e. The van der Waals surface area contributed by atoms with Crippen LogP contribution in [0.25, 0.3) is 94.2 Å². The summed E-state index contributed by atoms with van der Waals surface area (Å²) >= 11 is 10.6. The van der Waals surface area contributed by atoms with Crippen LogP contribution in [0.3, 0.4) is 0 Å². The number of methoxy groups -OCH3 is 2. The molecular formula is C70H35N13O4S7. The minimum atomic E-state index is -0.470. The van der Waals surface area contributed by atoms with Crippen molar-refractivity contribution in [1.82, 2.24) is 15.0 Å². The smallest absolute Gasteiger partial charge is 0.194 e. The summed E-state index contributed by atoms with van der Waals surface area (Å²) in [4.78, 5) is 41.2. The van der Waals surface area contributed by atoms with E-state index >= 15 is 0 Å². The van der Waals surface area contributed by atoms with E-state index in [-0.39, 0.29) is 77.9 Å². The zero-order valence-electron chi connectivity index (χ0n) is 49.9. The fraction of sp³-hybridized carbons (Fsp3) is 0.143. The molecule has 446 valence electrons. The largest absolute Gasteiger partial charge is 0.495 e. The number of Topliss-reactive ketones (excluding diaryl/α,β-unsaturated/α-hetero) is 2. The molecule has 24 heteroatoms. The second kappa shape index (κ2) is 21.5. The number of thiophene rings is 6. The number of carbonyl (C=O) groups excluding carboxylic acids is 2. The number of aryl methyl sites for hydroxylation is 1. The highest BCUT2D eigenvalue weighted by Crippen LogP contribution is 2.64. The fourth-order valence-corrected chi connectivity index (χ4v) is 21.6. The molecule has 1 aliphatic heterocycles. The highest BCUT2D eigenvalue weighted by molar-refractivity contribution is 7.58. The van der Waals surface area contributed by atoms with E-state index in [1.165, 1.54) is 46.9 Å². The third-order valence-corrected chi connectivity index (χ3v) is 25.5. The van der Waals surface area contributed by atoms with Crippen LogP contribution in [0.5, 0.6) is 11.5 Å². The van der Waals surface area contributed by atoms with Gasteiger partial charge in [-0.05, 0) is 113 Å². The molecule has 0 saturated carbocycles. The van der Waals surface area contributed by atoms with Gasteiger partial charge in [0.05, 0.1) is 75.3 Å². The topological polar surface area (TPSA) is 298 Å². The molecule has 17 nitrogen and oxygen atoms in total. The van der Waals surface area contributed by atoms with E-state index < -0.39 is 22.4 Å². The van der Waals surface area contributed by atoms with E-state index in [0.717, 1.165) is 105 Å². The molecule has 0 bridgehead atoms. The summed E-state index contributed by atoms with van der Waals surface area (Å²) in [6.07, 6.45) is 3.28.